The molecule has 1 aliphatic carbocycles. The number of hydrogen-bond donors (Lipinski definition) is 2. The Balaban J connectivity index is 1.17. The first-order chi connectivity index (χ1) is 17.2. The molecule has 0 aromatic carbocycles. The molecule has 0 unspecified atom stereocenters. The summed E-state index contributed by atoms with van der Waals surface area (Å²) in [5.41, 5.74) is 1.24. The molecule has 8 nitrogen and oxygen atoms in total. The minimum Gasteiger partial charge on any atom is -0.381 e. The van der Waals surface area contributed by atoms with Crippen LogP contribution in [0.1, 0.15) is 81.1 Å². The quantitative estimate of drug-likeness (QED) is 0.645. The highest BCUT2D eigenvalue weighted by Gasteiger charge is 2.26. The highest BCUT2D eigenvalue weighted by atomic mass is 16.5. The average Bonchev–Trinajstić information content (AvgIpc) is 3.19. The van der Waals surface area contributed by atoms with Gasteiger partial charge in [0.2, 0.25) is 0 Å². The molecule has 2 aliphatic heterocycles. The maximum atomic E-state index is 13.2. The Labute approximate surface area is 209 Å². The number of aryl methyl sites for hydroxylation is 1. The summed E-state index contributed by atoms with van der Waals surface area (Å²) in [4.78, 5) is 20.5. The van der Waals surface area contributed by atoms with E-state index >= 15 is 0 Å². The van der Waals surface area contributed by atoms with Gasteiger partial charge in [-0.15, -0.1) is 0 Å². The number of ether oxygens (including phenoxy) is 1. The van der Waals surface area contributed by atoms with E-state index in [-0.39, 0.29) is 11.9 Å². The number of nitrogens with one attached hydrogen (secondary N) is 2. The Kier molecular flexibility index (Phi) is 8.19. The van der Waals surface area contributed by atoms with Crippen molar-refractivity contribution in [1.82, 2.24) is 25.0 Å². The van der Waals surface area contributed by atoms with Gasteiger partial charge < -0.3 is 20.3 Å². The molecule has 1 amide bonds. The second-order valence-corrected chi connectivity index (χ2v) is 10.8. The number of amides is 1. The van der Waals surface area contributed by atoms with Crippen LogP contribution < -0.4 is 10.6 Å². The Bertz CT molecular complexity index is 969. The third kappa shape index (κ3) is 6.33. The van der Waals surface area contributed by atoms with Crippen LogP contribution in [-0.4, -0.2) is 70.5 Å². The fourth-order valence-corrected chi connectivity index (χ4v) is 6.00. The molecule has 4 heterocycles. The molecule has 2 aromatic rings. The molecule has 2 saturated heterocycles. The Morgan fingerprint density at radius 3 is 2.43 bits per heavy atom. The van der Waals surface area contributed by atoms with Crippen LogP contribution in [-0.2, 0) is 11.8 Å². The van der Waals surface area contributed by atoms with Crippen molar-refractivity contribution in [2.24, 2.45) is 13.0 Å². The van der Waals surface area contributed by atoms with E-state index < -0.39 is 0 Å². The van der Waals surface area contributed by atoms with Crippen molar-refractivity contribution >= 4 is 22.8 Å². The van der Waals surface area contributed by atoms with Crippen LogP contribution >= 0.6 is 0 Å². The number of nitrogens with zero attached hydrogens (tertiary/aromatic N) is 4. The molecular formula is C27H42N6O2. The lowest BCUT2D eigenvalue weighted by molar-refractivity contribution is 0.0477. The van der Waals surface area contributed by atoms with Gasteiger partial charge in [0.15, 0.2) is 11.3 Å². The molecule has 2 N–H and O–H groups in total. The van der Waals surface area contributed by atoms with Gasteiger partial charge in [-0.1, -0.05) is 32.1 Å². The largest absolute Gasteiger partial charge is 0.381 e. The van der Waals surface area contributed by atoms with Gasteiger partial charge in [-0.05, 0) is 56.6 Å². The molecule has 2 aromatic heterocycles. The summed E-state index contributed by atoms with van der Waals surface area (Å²) in [5, 5.41) is 12.3. The van der Waals surface area contributed by atoms with E-state index in [1.807, 2.05) is 19.2 Å². The van der Waals surface area contributed by atoms with Gasteiger partial charge in [-0.25, -0.2) is 9.67 Å². The first-order valence-electron chi connectivity index (χ1n) is 13.9. The van der Waals surface area contributed by atoms with E-state index in [0.717, 1.165) is 68.5 Å². The molecule has 5 rings (SSSR count). The van der Waals surface area contributed by atoms with Crippen LogP contribution in [0, 0.1) is 5.92 Å². The third-order valence-corrected chi connectivity index (χ3v) is 8.14. The van der Waals surface area contributed by atoms with E-state index in [4.69, 9.17) is 9.72 Å². The summed E-state index contributed by atoms with van der Waals surface area (Å²) < 4.78 is 7.23. The number of fused-ring (bicyclic) bond motifs is 1. The summed E-state index contributed by atoms with van der Waals surface area (Å²) in [6.07, 6.45) is 13.3. The number of piperidine rings is 1. The fraction of sp³-hybridized carbons (Fsp3) is 0.741. The first kappa shape index (κ1) is 24.5. The summed E-state index contributed by atoms with van der Waals surface area (Å²) in [7, 11) is 1.88. The van der Waals surface area contributed by atoms with E-state index in [1.165, 1.54) is 57.8 Å². The van der Waals surface area contributed by atoms with Gasteiger partial charge >= 0.3 is 0 Å². The number of hydrogen-bond acceptors (Lipinski definition) is 6. The predicted molar refractivity (Wildman–Crippen MR) is 139 cm³/mol. The van der Waals surface area contributed by atoms with Gasteiger partial charge in [0.05, 0.1) is 5.39 Å². The standard InChI is InChI=1S/C27H42N6O2/c1-32-26-23(9-10-24(30-26)28-21-7-5-3-2-4-6-8-21)25(31-32)27(34)29-22-11-15-33(16-12-22)19-20-13-17-35-18-14-20/h9-10,20-22H,2-8,11-19H2,1H3,(H,28,30)(H,29,34). The van der Waals surface area contributed by atoms with Crippen molar-refractivity contribution < 1.29 is 9.53 Å². The minimum absolute atomic E-state index is 0.0824. The Morgan fingerprint density at radius 1 is 0.971 bits per heavy atom. The number of likely N-dealkylation sites (tertiary alicyclic amines) is 1. The lowest BCUT2D eigenvalue weighted by atomic mass is 9.97. The number of anilines is 1. The van der Waals surface area contributed by atoms with Crippen molar-refractivity contribution in [3.8, 4) is 0 Å². The molecule has 0 bridgehead atoms. The Morgan fingerprint density at radius 2 is 1.69 bits per heavy atom. The maximum Gasteiger partial charge on any atom is 0.272 e. The van der Waals surface area contributed by atoms with Crippen molar-refractivity contribution in [3.05, 3.63) is 17.8 Å². The van der Waals surface area contributed by atoms with Gasteiger partial charge in [0.25, 0.3) is 5.91 Å². The van der Waals surface area contributed by atoms with Crippen LogP contribution in [0.3, 0.4) is 0 Å². The highest BCUT2D eigenvalue weighted by Crippen LogP contribution is 2.24. The first-order valence-corrected chi connectivity index (χ1v) is 13.9. The van der Waals surface area contributed by atoms with Gasteiger partial charge in [0.1, 0.15) is 5.82 Å². The molecule has 1 saturated carbocycles. The van der Waals surface area contributed by atoms with Gasteiger partial charge in [0, 0.05) is 52.0 Å². The lowest BCUT2D eigenvalue weighted by Crippen LogP contribution is -2.46. The highest BCUT2D eigenvalue weighted by molar-refractivity contribution is 6.04. The number of aromatic nitrogens is 3. The SMILES string of the molecule is Cn1nc(C(=O)NC2CCN(CC3CCOCC3)CC2)c2ccc(NC3CCCCCCC3)nc21. The van der Waals surface area contributed by atoms with E-state index in [1.54, 1.807) is 4.68 Å². The second-order valence-electron chi connectivity index (χ2n) is 10.8. The number of pyridine rings is 1. The summed E-state index contributed by atoms with van der Waals surface area (Å²) in [6.45, 7) is 5.06. The number of rotatable bonds is 6. The second kappa shape index (κ2) is 11.7. The van der Waals surface area contributed by atoms with Gasteiger partial charge in [-0.3, -0.25) is 4.79 Å². The zero-order valence-electron chi connectivity index (χ0n) is 21.3. The predicted octanol–water partition coefficient (Wildman–Crippen LogP) is 4.11. The zero-order chi connectivity index (χ0) is 24.0. The van der Waals surface area contributed by atoms with Crippen LogP contribution in [0.4, 0.5) is 5.82 Å². The van der Waals surface area contributed by atoms with Crippen molar-refractivity contribution in [1.29, 1.82) is 0 Å². The topological polar surface area (TPSA) is 84.3 Å². The minimum atomic E-state index is -0.0824. The van der Waals surface area contributed by atoms with Crippen LogP contribution in [0.2, 0.25) is 0 Å². The van der Waals surface area contributed by atoms with Crippen LogP contribution in [0.15, 0.2) is 12.1 Å². The molecule has 0 radical (unpaired) electrons. The average molecular weight is 483 g/mol. The summed E-state index contributed by atoms with van der Waals surface area (Å²) in [5.74, 6) is 1.56. The molecule has 192 valence electrons. The third-order valence-electron chi connectivity index (χ3n) is 8.14. The molecular weight excluding hydrogens is 440 g/mol. The maximum absolute atomic E-state index is 13.2. The molecule has 3 fully saturated rings. The number of carbonyl (C=O) groups excluding carboxylic acids is 1. The molecule has 0 spiro atoms. The van der Waals surface area contributed by atoms with E-state index in [2.05, 4.69) is 20.6 Å². The lowest BCUT2D eigenvalue weighted by Gasteiger charge is -2.35. The monoisotopic (exact) mass is 482 g/mol. The van der Waals surface area contributed by atoms with Gasteiger partial charge in [-0.2, -0.15) is 5.10 Å². The van der Waals surface area contributed by atoms with Crippen molar-refractivity contribution in [2.45, 2.75) is 82.7 Å². The van der Waals surface area contributed by atoms with Crippen molar-refractivity contribution in [3.63, 3.8) is 0 Å². The van der Waals surface area contributed by atoms with Crippen molar-refractivity contribution in [2.75, 3.05) is 38.2 Å². The zero-order valence-corrected chi connectivity index (χ0v) is 21.3. The summed E-state index contributed by atoms with van der Waals surface area (Å²) in [6, 6.07) is 4.70. The van der Waals surface area contributed by atoms with Crippen LogP contribution in [0.5, 0.6) is 0 Å². The fourth-order valence-electron chi connectivity index (χ4n) is 6.00. The number of carbonyl (C=O) groups is 1. The smallest absolute Gasteiger partial charge is 0.272 e. The molecule has 35 heavy (non-hydrogen) atoms. The van der Waals surface area contributed by atoms with E-state index in [0.29, 0.717) is 11.7 Å². The molecule has 0 atom stereocenters. The Hall–Kier alpha value is -2.19. The molecule has 8 heteroatoms. The van der Waals surface area contributed by atoms with E-state index in [9.17, 15) is 4.79 Å². The summed E-state index contributed by atoms with van der Waals surface area (Å²) >= 11 is 0. The molecule has 3 aliphatic rings. The normalized spacial score (nSPS) is 22.1. The van der Waals surface area contributed by atoms with Crippen LogP contribution in [0.25, 0.3) is 11.0 Å².